The number of aliphatic hydroxyl groups is 1. The van der Waals surface area contributed by atoms with Gasteiger partial charge in [0.15, 0.2) is 0 Å². The number of rotatable bonds is 6. The third kappa shape index (κ3) is 5.08. The molecule has 1 atom stereocenters. The van der Waals surface area contributed by atoms with E-state index in [2.05, 4.69) is 5.32 Å². The van der Waals surface area contributed by atoms with Gasteiger partial charge in [0.2, 0.25) is 5.91 Å². The first kappa shape index (κ1) is 15.9. The molecule has 0 aliphatic carbocycles. The highest BCUT2D eigenvalue weighted by Gasteiger charge is 2.16. The molecule has 1 aliphatic heterocycles. The van der Waals surface area contributed by atoms with Gasteiger partial charge in [-0.2, -0.15) is 0 Å². The number of carbonyl (C=O) groups excluding carboxylic acids is 1. The van der Waals surface area contributed by atoms with Crippen LogP contribution in [0.3, 0.4) is 0 Å². The minimum absolute atomic E-state index is 0.0991. The van der Waals surface area contributed by atoms with E-state index in [0.29, 0.717) is 51.4 Å². The van der Waals surface area contributed by atoms with Gasteiger partial charge in [0.1, 0.15) is 5.82 Å². The van der Waals surface area contributed by atoms with Gasteiger partial charge in [-0.15, -0.1) is 0 Å². The van der Waals surface area contributed by atoms with Crippen LogP contribution in [0, 0.1) is 5.82 Å². The van der Waals surface area contributed by atoms with Crippen LogP contribution >= 0.6 is 0 Å². The number of nitrogens with one attached hydrogen (secondary N) is 1. The van der Waals surface area contributed by atoms with Gasteiger partial charge in [0, 0.05) is 32.6 Å². The molecule has 2 rings (SSSR count). The number of ether oxygens (including phenoxy) is 1. The lowest BCUT2D eigenvalue weighted by Gasteiger charge is -2.27. The first-order valence-corrected chi connectivity index (χ1v) is 7.16. The number of nitrogens with zero attached hydrogens (tertiary/aromatic N) is 1. The molecule has 0 radical (unpaired) electrons. The van der Waals surface area contributed by atoms with E-state index in [0.717, 1.165) is 0 Å². The van der Waals surface area contributed by atoms with Crippen LogP contribution in [0.2, 0.25) is 0 Å². The molecular weight excluding hydrogens is 275 g/mol. The van der Waals surface area contributed by atoms with Crippen molar-refractivity contribution in [2.45, 2.75) is 12.5 Å². The predicted molar refractivity (Wildman–Crippen MR) is 76.2 cm³/mol. The van der Waals surface area contributed by atoms with E-state index in [-0.39, 0.29) is 11.7 Å². The fraction of sp³-hybridized carbons (Fsp3) is 0.533. The lowest BCUT2D eigenvalue weighted by Crippen LogP contribution is -2.41. The van der Waals surface area contributed by atoms with Crippen LogP contribution < -0.4 is 5.32 Å². The third-order valence-electron chi connectivity index (χ3n) is 3.47. The topological polar surface area (TPSA) is 61.8 Å². The molecule has 6 heteroatoms. The summed E-state index contributed by atoms with van der Waals surface area (Å²) in [4.78, 5) is 13.7. The van der Waals surface area contributed by atoms with E-state index in [1.807, 2.05) is 0 Å². The van der Waals surface area contributed by atoms with E-state index in [9.17, 15) is 14.3 Å². The van der Waals surface area contributed by atoms with Crippen molar-refractivity contribution in [3.63, 3.8) is 0 Å². The minimum atomic E-state index is -0.705. The van der Waals surface area contributed by atoms with Crippen LogP contribution in [0.5, 0.6) is 0 Å². The number of benzene rings is 1. The van der Waals surface area contributed by atoms with Crippen LogP contribution in [0.15, 0.2) is 24.3 Å². The van der Waals surface area contributed by atoms with Gasteiger partial charge in [0.25, 0.3) is 0 Å². The fourth-order valence-corrected chi connectivity index (χ4v) is 2.21. The summed E-state index contributed by atoms with van der Waals surface area (Å²) >= 11 is 0. The molecule has 1 heterocycles. The Morgan fingerprint density at radius 1 is 1.33 bits per heavy atom. The number of amides is 1. The molecular formula is C15H21FN2O3. The molecule has 1 saturated heterocycles. The molecule has 0 aromatic heterocycles. The average molecular weight is 296 g/mol. The van der Waals surface area contributed by atoms with E-state index in [1.54, 1.807) is 17.0 Å². The summed E-state index contributed by atoms with van der Waals surface area (Å²) in [6.07, 6.45) is -0.306. The van der Waals surface area contributed by atoms with E-state index in [1.165, 1.54) is 12.1 Å². The van der Waals surface area contributed by atoms with Gasteiger partial charge >= 0.3 is 0 Å². The second-order valence-electron chi connectivity index (χ2n) is 5.01. The van der Waals surface area contributed by atoms with Crippen LogP contribution in [0.4, 0.5) is 4.39 Å². The maximum absolute atomic E-state index is 12.8. The molecule has 2 N–H and O–H groups in total. The van der Waals surface area contributed by atoms with Crippen LogP contribution in [-0.2, 0) is 9.53 Å². The van der Waals surface area contributed by atoms with Crippen molar-refractivity contribution in [1.82, 2.24) is 10.2 Å². The van der Waals surface area contributed by atoms with Crippen molar-refractivity contribution in [3.8, 4) is 0 Å². The molecule has 0 bridgehead atoms. The van der Waals surface area contributed by atoms with Crippen LogP contribution in [0.1, 0.15) is 18.1 Å². The standard InChI is InChI=1S/C15H21FN2O3/c16-13-3-1-12(2-4-13)14(19)11-17-6-5-15(20)18-7-9-21-10-8-18/h1-4,14,17,19H,5-11H2. The smallest absolute Gasteiger partial charge is 0.224 e. The maximum Gasteiger partial charge on any atom is 0.224 e. The van der Waals surface area contributed by atoms with Crippen LogP contribution in [-0.4, -0.2) is 55.3 Å². The Balaban J connectivity index is 1.64. The predicted octanol–water partition coefficient (Wildman–Crippen LogP) is 0.698. The Kier molecular flexibility index (Phi) is 6.10. The molecule has 21 heavy (non-hydrogen) atoms. The first-order valence-electron chi connectivity index (χ1n) is 7.16. The van der Waals surface area contributed by atoms with Gasteiger partial charge in [-0.3, -0.25) is 4.79 Å². The molecule has 0 saturated carbocycles. The SMILES string of the molecule is O=C(CCNCC(O)c1ccc(F)cc1)N1CCOCC1. The summed E-state index contributed by atoms with van der Waals surface area (Å²) < 4.78 is 18.0. The van der Waals surface area contributed by atoms with E-state index in [4.69, 9.17) is 4.74 Å². The minimum Gasteiger partial charge on any atom is -0.387 e. The summed E-state index contributed by atoms with van der Waals surface area (Å²) in [7, 11) is 0. The second kappa shape index (κ2) is 8.07. The maximum atomic E-state index is 12.8. The number of aliphatic hydroxyl groups excluding tert-OH is 1. The Bertz CT molecular complexity index is 447. The van der Waals surface area contributed by atoms with Gasteiger partial charge in [-0.1, -0.05) is 12.1 Å². The van der Waals surface area contributed by atoms with Crippen LogP contribution in [0.25, 0.3) is 0 Å². The monoisotopic (exact) mass is 296 g/mol. The zero-order valence-electron chi connectivity index (χ0n) is 11.9. The highest BCUT2D eigenvalue weighted by molar-refractivity contribution is 5.76. The summed E-state index contributed by atoms with van der Waals surface area (Å²) in [5.41, 5.74) is 0.656. The molecule has 1 unspecified atom stereocenters. The van der Waals surface area contributed by atoms with Crippen molar-refractivity contribution < 1.29 is 19.0 Å². The summed E-state index contributed by atoms with van der Waals surface area (Å²) in [5, 5.41) is 13.0. The summed E-state index contributed by atoms with van der Waals surface area (Å²) in [5.74, 6) is -0.225. The molecule has 5 nitrogen and oxygen atoms in total. The lowest BCUT2D eigenvalue weighted by atomic mass is 10.1. The van der Waals surface area contributed by atoms with Crippen molar-refractivity contribution in [1.29, 1.82) is 0 Å². The zero-order valence-corrected chi connectivity index (χ0v) is 11.9. The highest BCUT2D eigenvalue weighted by atomic mass is 19.1. The normalized spacial score (nSPS) is 16.8. The van der Waals surface area contributed by atoms with E-state index >= 15 is 0 Å². The number of carbonyl (C=O) groups is 1. The Morgan fingerprint density at radius 2 is 2.00 bits per heavy atom. The van der Waals surface area contributed by atoms with Crippen molar-refractivity contribution >= 4 is 5.91 Å². The number of hydrogen-bond acceptors (Lipinski definition) is 4. The Labute approximate surface area is 123 Å². The molecule has 1 fully saturated rings. The number of hydrogen-bond donors (Lipinski definition) is 2. The second-order valence-corrected chi connectivity index (χ2v) is 5.01. The molecule has 1 aromatic rings. The highest BCUT2D eigenvalue weighted by Crippen LogP contribution is 2.12. The molecule has 1 aliphatic rings. The zero-order chi connectivity index (χ0) is 15.1. The quantitative estimate of drug-likeness (QED) is 0.759. The molecule has 0 spiro atoms. The van der Waals surface area contributed by atoms with Gasteiger partial charge in [-0.05, 0) is 17.7 Å². The first-order chi connectivity index (χ1) is 10.2. The number of morpholine rings is 1. The van der Waals surface area contributed by atoms with Gasteiger partial charge in [-0.25, -0.2) is 4.39 Å². The van der Waals surface area contributed by atoms with Gasteiger partial charge in [0.05, 0.1) is 19.3 Å². The largest absolute Gasteiger partial charge is 0.387 e. The average Bonchev–Trinajstić information content (AvgIpc) is 2.52. The van der Waals surface area contributed by atoms with E-state index < -0.39 is 6.10 Å². The summed E-state index contributed by atoms with van der Waals surface area (Å²) in [6.45, 7) is 3.34. The third-order valence-corrected chi connectivity index (χ3v) is 3.47. The van der Waals surface area contributed by atoms with Crippen molar-refractivity contribution in [2.24, 2.45) is 0 Å². The Hall–Kier alpha value is -1.50. The fourth-order valence-electron chi connectivity index (χ4n) is 2.21. The molecule has 116 valence electrons. The molecule has 1 amide bonds. The number of halogens is 1. The lowest BCUT2D eigenvalue weighted by molar-refractivity contribution is -0.135. The Morgan fingerprint density at radius 3 is 2.67 bits per heavy atom. The van der Waals surface area contributed by atoms with Gasteiger partial charge < -0.3 is 20.1 Å². The summed E-state index contributed by atoms with van der Waals surface area (Å²) in [6, 6.07) is 5.75. The molecule has 1 aromatic carbocycles. The van der Waals surface area contributed by atoms with Crippen molar-refractivity contribution in [2.75, 3.05) is 39.4 Å². The van der Waals surface area contributed by atoms with Crippen molar-refractivity contribution in [3.05, 3.63) is 35.6 Å².